The first kappa shape index (κ1) is 20.7. The van der Waals surface area contributed by atoms with Gasteiger partial charge in [-0.25, -0.2) is 4.68 Å². The number of nitrogens with zero attached hydrogens (tertiary/aromatic N) is 3. The third kappa shape index (κ3) is 4.46. The van der Waals surface area contributed by atoms with Crippen LogP contribution in [0.1, 0.15) is 32.7 Å². The van der Waals surface area contributed by atoms with E-state index in [1.807, 2.05) is 54.2 Å². The molecule has 0 saturated carbocycles. The smallest absolute Gasteiger partial charge is 0.177 e. The van der Waals surface area contributed by atoms with E-state index in [0.717, 1.165) is 35.2 Å². The van der Waals surface area contributed by atoms with Crippen LogP contribution in [0.2, 0.25) is 0 Å². The molecular formula is C24H29N3O3. The van der Waals surface area contributed by atoms with Gasteiger partial charge in [0.25, 0.3) is 0 Å². The van der Waals surface area contributed by atoms with Crippen LogP contribution in [0.25, 0.3) is 11.3 Å². The van der Waals surface area contributed by atoms with Crippen LogP contribution in [-0.2, 0) is 9.47 Å². The van der Waals surface area contributed by atoms with Gasteiger partial charge < -0.3 is 14.6 Å². The Morgan fingerprint density at radius 2 is 2.10 bits per heavy atom. The van der Waals surface area contributed by atoms with Gasteiger partial charge in [0.15, 0.2) is 6.29 Å². The average Bonchev–Trinajstić information content (AvgIpc) is 3.23. The molecule has 1 aromatic carbocycles. The van der Waals surface area contributed by atoms with Crippen molar-refractivity contribution in [2.75, 3.05) is 13.2 Å². The molecule has 1 N–H and O–H groups in total. The molecule has 4 unspecified atom stereocenters. The van der Waals surface area contributed by atoms with Crippen LogP contribution in [0.5, 0.6) is 0 Å². The SMILES string of the molecule is C=C(C)CCOC1C=C(CO)C2CC(n3cc(-c4ccccc4)nn3)C(C)=CC2O1. The van der Waals surface area contributed by atoms with Crippen LogP contribution in [0.15, 0.2) is 72.0 Å². The Balaban J connectivity index is 1.51. The molecule has 0 spiro atoms. The van der Waals surface area contributed by atoms with E-state index in [0.29, 0.717) is 6.61 Å². The maximum atomic E-state index is 9.99. The first-order valence-electron chi connectivity index (χ1n) is 10.4. The summed E-state index contributed by atoms with van der Waals surface area (Å²) in [5, 5.41) is 18.7. The second-order valence-corrected chi connectivity index (χ2v) is 8.17. The van der Waals surface area contributed by atoms with E-state index in [1.165, 1.54) is 5.57 Å². The lowest BCUT2D eigenvalue weighted by Gasteiger charge is -2.40. The summed E-state index contributed by atoms with van der Waals surface area (Å²) in [6.07, 6.45) is 7.10. The van der Waals surface area contributed by atoms with Gasteiger partial charge in [0, 0.05) is 11.5 Å². The van der Waals surface area contributed by atoms with Gasteiger partial charge in [-0.15, -0.1) is 11.7 Å². The van der Waals surface area contributed by atoms with Crippen molar-refractivity contribution in [3.05, 3.63) is 72.0 Å². The van der Waals surface area contributed by atoms with Gasteiger partial charge in [0.05, 0.1) is 31.6 Å². The number of hydrogen-bond acceptors (Lipinski definition) is 5. The molecule has 4 rings (SSSR count). The topological polar surface area (TPSA) is 69.4 Å². The fraction of sp³-hybridized carbons (Fsp3) is 0.417. The molecule has 0 radical (unpaired) electrons. The highest BCUT2D eigenvalue weighted by Crippen LogP contribution is 2.40. The zero-order chi connectivity index (χ0) is 21.1. The summed E-state index contributed by atoms with van der Waals surface area (Å²) in [4.78, 5) is 0. The molecule has 30 heavy (non-hydrogen) atoms. The minimum absolute atomic E-state index is 0.00287. The monoisotopic (exact) mass is 407 g/mol. The van der Waals surface area contributed by atoms with Gasteiger partial charge in [-0.1, -0.05) is 52.8 Å². The maximum absolute atomic E-state index is 9.99. The van der Waals surface area contributed by atoms with E-state index >= 15 is 0 Å². The largest absolute Gasteiger partial charge is 0.392 e. The summed E-state index contributed by atoms with van der Waals surface area (Å²) in [6.45, 7) is 8.54. The zero-order valence-electron chi connectivity index (χ0n) is 17.6. The summed E-state index contributed by atoms with van der Waals surface area (Å²) in [6, 6.07) is 10.1. The van der Waals surface area contributed by atoms with Crippen molar-refractivity contribution >= 4 is 0 Å². The number of ether oxygens (including phenoxy) is 2. The van der Waals surface area contributed by atoms with Gasteiger partial charge >= 0.3 is 0 Å². The van der Waals surface area contributed by atoms with Crippen molar-refractivity contribution in [3.63, 3.8) is 0 Å². The Bertz CT molecular complexity index is 948. The van der Waals surface area contributed by atoms with Gasteiger partial charge in [-0.3, -0.25) is 0 Å². The molecule has 4 atom stereocenters. The molecule has 2 aliphatic rings. The third-order valence-corrected chi connectivity index (χ3v) is 5.84. The Labute approximate surface area is 177 Å². The number of hydrogen-bond donors (Lipinski definition) is 1. The Morgan fingerprint density at radius 3 is 2.83 bits per heavy atom. The minimum atomic E-state index is -0.440. The second-order valence-electron chi connectivity index (χ2n) is 8.17. The quantitative estimate of drug-likeness (QED) is 0.701. The minimum Gasteiger partial charge on any atom is -0.392 e. The number of fused-ring (bicyclic) bond motifs is 1. The van der Waals surface area contributed by atoms with E-state index < -0.39 is 6.29 Å². The van der Waals surface area contributed by atoms with Crippen LogP contribution >= 0.6 is 0 Å². The first-order valence-corrected chi connectivity index (χ1v) is 10.4. The first-order chi connectivity index (χ1) is 14.5. The standard InChI is InChI=1S/C24H29N3O3/c1-16(2)9-10-29-24-12-19(15-28)20-13-22(17(3)11-23(20)30-24)27-14-21(25-26-27)18-7-5-4-6-8-18/h4-8,11-12,14,20,22-24,28H,1,9-10,13,15H2,2-3H3. The molecule has 1 aliphatic carbocycles. The number of benzene rings is 1. The number of aliphatic hydroxyl groups excluding tert-OH is 1. The Hall–Kier alpha value is -2.54. The summed E-state index contributed by atoms with van der Waals surface area (Å²) in [5.74, 6) is 0.0917. The summed E-state index contributed by atoms with van der Waals surface area (Å²) >= 11 is 0. The summed E-state index contributed by atoms with van der Waals surface area (Å²) in [5.41, 5.74) is 5.12. The highest BCUT2D eigenvalue weighted by Gasteiger charge is 2.38. The van der Waals surface area contributed by atoms with Crippen molar-refractivity contribution in [1.29, 1.82) is 0 Å². The molecule has 0 amide bonds. The fourth-order valence-electron chi connectivity index (χ4n) is 4.13. The molecule has 2 heterocycles. The van der Waals surface area contributed by atoms with Gasteiger partial charge in [-0.2, -0.15) is 0 Å². The lowest BCUT2D eigenvalue weighted by Crippen LogP contribution is -2.40. The fourth-order valence-corrected chi connectivity index (χ4v) is 4.13. The van der Waals surface area contributed by atoms with E-state index in [1.54, 1.807) is 0 Å². The van der Waals surface area contributed by atoms with Crippen molar-refractivity contribution in [1.82, 2.24) is 15.0 Å². The number of allylic oxidation sites excluding steroid dienone is 1. The van der Waals surface area contributed by atoms with Crippen LogP contribution in [0.3, 0.4) is 0 Å². The van der Waals surface area contributed by atoms with E-state index in [-0.39, 0.29) is 24.7 Å². The highest BCUT2D eigenvalue weighted by atomic mass is 16.7. The van der Waals surface area contributed by atoms with Gasteiger partial charge in [-0.05, 0) is 38.3 Å². The Morgan fingerprint density at radius 1 is 1.30 bits per heavy atom. The van der Waals surface area contributed by atoms with E-state index in [2.05, 4.69) is 29.9 Å². The van der Waals surface area contributed by atoms with E-state index in [9.17, 15) is 5.11 Å². The van der Waals surface area contributed by atoms with Crippen LogP contribution < -0.4 is 0 Å². The predicted molar refractivity (Wildman–Crippen MR) is 116 cm³/mol. The highest BCUT2D eigenvalue weighted by molar-refractivity contribution is 5.57. The normalized spacial score (nSPS) is 26.0. The number of aliphatic hydroxyl groups is 1. The van der Waals surface area contributed by atoms with Crippen LogP contribution in [-0.4, -0.2) is 45.7 Å². The molecule has 0 bridgehead atoms. The number of rotatable bonds is 7. The van der Waals surface area contributed by atoms with Crippen molar-refractivity contribution in [2.24, 2.45) is 5.92 Å². The van der Waals surface area contributed by atoms with Gasteiger partial charge in [0.1, 0.15) is 5.69 Å². The van der Waals surface area contributed by atoms with Gasteiger partial charge in [0.2, 0.25) is 0 Å². The molecule has 6 nitrogen and oxygen atoms in total. The van der Waals surface area contributed by atoms with Crippen molar-refractivity contribution in [3.8, 4) is 11.3 Å². The predicted octanol–water partition coefficient (Wildman–Crippen LogP) is 4.08. The number of aromatic nitrogens is 3. The lowest BCUT2D eigenvalue weighted by molar-refractivity contribution is -0.152. The summed E-state index contributed by atoms with van der Waals surface area (Å²) < 4.78 is 13.9. The molecular weight excluding hydrogens is 378 g/mol. The maximum Gasteiger partial charge on any atom is 0.177 e. The molecule has 1 aromatic heterocycles. The molecule has 6 heteroatoms. The van der Waals surface area contributed by atoms with Crippen molar-refractivity contribution < 1.29 is 14.6 Å². The van der Waals surface area contributed by atoms with Crippen molar-refractivity contribution in [2.45, 2.75) is 45.1 Å². The van der Waals surface area contributed by atoms with Crippen LogP contribution in [0, 0.1) is 5.92 Å². The third-order valence-electron chi connectivity index (χ3n) is 5.84. The zero-order valence-corrected chi connectivity index (χ0v) is 17.6. The van der Waals surface area contributed by atoms with E-state index in [4.69, 9.17) is 9.47 Å². The lowest BCUT2D eigenvalue weighted by atomic mass is 9.78. The molecule has 158 valence electrons. The molecule has 1 aliphatic heterocycles. The molecule has 2 aromatic rings. The molecule has 0 saturated heterocycles. The average molecular weight is 408 g/mol. The second kappa shape index (κ2) is 9.08. The summed E-state index contributed by atoms with van der Waals surface area (Å²) in [7, 11) is 0. The van der Waals surface area contributed by atoms with Crippen LogP contribution in [0.4, 0.5) is 0 Å². The Kier molecular flexibility index (Phi) is 6.27. The molecule has 0 fully saturated rings.